The maximum absolute atomic E-state index is 13.1. The van der Waals surface area contributed by atoms with Crippen molar-refractivity contribution in [3.8, 4) is 0 Å². The van der Waals surface area contributed by atoms with Gasteiger partial charge in [-0.15, -0.1) is 0 Å². The molecule has 168 valence electrons. The first kappa shape index (κ1) is 23.1. The van der Waals surface area contributed by atoms with Crippen LogP contribution in [0.15, 0.2) is 24.3 Å². The maximum atomic E-state index is 13.1. The number of halogens is 1. The van der Waals surface area contributed by atoms with Crippen LogP contribution in [-0.2, 0) is 25.3 Å². The predicted molar refractivity (Wildman–Crippen MR) is 113 cm³/mol. The maximum Gasteiger partial charge on any atom is 0.225 e. The Labute approximate surface area is 178 Å². The fourth-order valence-corrected chi connectivity index (χ4v) is 6.24. The number of amides is 1. The summed E-state index contributed by atoms with van der Waals surface area (Å²) in [4.78, 5) is 14.5. The number of hydrogen-bond acceptors (Lipinski definition) is 5. The van der Waals surface area contributed by atoms with Gasteiger partial charge in [-0.05, 0) is 56.3 Å². The first-order valence-corrected chi connectivity index (χ1v) is 12.1. The van der Waals surface area contributed by atoms with E-state index in [0.29, 0.717) is 38.2 Å². The summed E-state index contributed by atoms with van der Waals surface area (Å²) in [5.41, 5.74) is 5.78. The van der Waals surface area contributed by atoms with E-state index in [9.17, 15) is 17.6 Å². The molecule has 2 fully saturated rings. The molecule has 2 saturated heterocycles. The second kappa shape index (κ2) is 9.72. The number of sulfonamides is 1. The van der Waals surface area contributed by atoms with Crippen molar-refractivity contribution in [2.24, 2.45) is 11.1 Å². The number of carbonyl (C=O) groups excluding carboxylic acids is 1. The zero-order valence-electron chi connectivity index (χ0n) is 17.6. The summed E-state index contributed by atoms with van der Waals surface area (Å²) in [6, 6.07) is 5.82. The molecule has 3 rings (SSSR count). The summed E-state index contributed by atoms with van der Waals surface area (Å²) >= 11 is 0. The van der Waals surface area contributed by atoms with Gasteiger partial charge in [0, 0.05) is 39.4 Å². The molecule has 0 radical (unpaired) electrons. The van der Waals surface area contributed by atoms with E-state index in [0.717, 1.165) is 32.2 Å². The second-order valence-corrected chi connectivity index (χ2v) is 10.4. The average molecular weight is 442 g/mol. The third-order valence-electron chi connectivity index (χ3n) is 6.51. The smallest absolute Gasteiger partial charge is 0.225 e. The van der Waals surface area contributed by atoms with Crippen molar-refractivity contribution in [3.05, 3.63) is 35.6 Å². The van der Waals surface area contributed by atoms with Crippen LogP contribution in [0.3, 0.4) is 0 Å². The summed E-state index contributed by atoms with van der Waals surface area (Å²) in [6.07, 6.45) is 3.73. The molecule has 1 aromatic rings. The summed E-state index contributed by atoms with van der Waals surface area (Å²) in [5, 5.41) is 0. The Morgan fingerprint density at radius 3 is 2.50 bits per heavy atom. The van der Waals surface area contributed by atoms with Crippen molar-refractivity contribution in [1.29, 1.82) is 0 Å². The molecule has 1 amide bonds. The van der Waals surface area contributed by atoms with E-state index in [1.807, 2.05) is 0 Å². The zero-order valence-corrected chi connectivity index (χ0v) is 18.4. The molecule has 2 aliphatic heterocycles. The molecule has 9 heteroatoms. The summed E-state index contributed by atoms with van der Waals surface area (Å²) in [5.74, 6) is -0.775. The van der Waals surface area contributed by atoms with E-state index >= 15 is 0 Å². The lowest BCUT2D eigenvalue weighted by molar-refractivity contribution is -0.133. The third kappa shape index (κ3) is 5.38. The zero-order chi connectivity index (χ0) is 21.8. The summed E-state index contributed by atoms with van der Waals surface area (Å²) in [6.45, 7) is 2.91. The van der Waals surface area contributed by atoms with Crippen molar-refractivity contribution < 1.29 is 22.3 Å². The van der Waals surface area contributed by atoms with Crippen LogP contribution in [0.5, 0.6) is 0 Å². The molecular weight excluding hydrogens is 409 g/mol. The first-order chi connectivity index (χ1) is 14.3. The molecule has 7 nitrogen and oxygen atoms in total. The van der Waals surface area contributed by atoms with Gasteiger partial charge in [-0.25, -0.2) is 17.1 Å². The Hall–Kier alpha value is -1.55. The molecule has 0 aromatic heterocycles. The number of primary amides is 1. The van der Waals surface area contributed by atoms with Gasteiger partial charge in [0.25, 0.3) is 0 Å². The lowest BCUT2D eigenvalue weighted by atomic mass is 9.76. The number of benzene rings is 1. The van der Waals surface area contributed by atoms with E-state index in [-0.39, 0.29) is 23.5 Å². The van der Waals surface area contributed by atoms with Gasteiger partial charge in [-0.1, -0.05) is 12.1 Å². The minimum Gasteiger partial charge on any atom is -0.385 e. The van der Waals surface area contributed by atoms with Crippen molar-refractivity contribution in [2.45, 2.75) is 43.9 Å². The summed E-state index contributed by atoms with van der Waals surface area (Å²) < 4.78 is 45.3. The SMILES string of the molecule is COCCC1(C(N)=O)CCCN(C2CCN(S(=O)(=O)Cc3ccc(F)cc3)CC2)C1. The first-order valence-electron chi connectivity index (χ1n) is 10.5. The van der Waals surface area contributed by atoms with Gasteiger partial charge >= 0.3 is 0 Å². The molecule has 30 heavy (non-hydrogen) atoms. The van der Waals surface area contributed by atoms with Crippen LogP contribution >= 0.6 is 0 Å². The number of likely N-dealkylation sites (tertiary alicyclic amines) is 1. The van der Waals surface area contributed by atoms with Gasteiger partial charge in [-0.3, -0.25) is 9.69 Å². The van der Waals surface area contributed by atoms with E-state index in [1.54, 1.807) is 7.11 Å². The number of hydrogen-bond donors (Lipinski definition) is 1. The number of nitrogens with two attached hydrogens (primary N) is 1. The van der Waals surface area contributed by atoms with E-state index in [1.165, 1.54) is 28.6 Å². The monoisotopic (exact) mass is 441 g/mol. The minimum absolute atomic E-state index is 0.122. The largest absolute Gasteiger partial charge is 0.385 e. The number of carbonyl (C=O) groups is 1. The van der Waals surface area contributed by atoms with Gasteiger partial charge in [-0.2, -0.15) is 0 Å². The van der Waals surface area contributed by atoms with Crippen LogP contribution in [0.4, 0.5) is 4.39 Å². The summed E-state index contributed by atoms with van der Waals surface area (Å²) in [7, 11) is -1.83. The molecule has 0 saturated carbocycles. The number of methoxy groups -OCH3 is 1. The number of nitrogens with zero attached hydrogens (tertiary/aromatic N) is 2. The fourth-order valence-electron chi connectivity index (χ4n) is 4.67. The van der Waals surface area contributed by atoms with Crippen LogP contribution in [0.2, 0.25) is 0 Å². The molecule has 1 aromatic carbocycles. The van der Waals surface area contributed by atoms with Crippen LogP contribution in [-0.4, -0.2) is 69.5 Å². The van der Waals surface area contributed by atoms with E-state index in [2.05, 4.69) is 4.90 Å². The van der Waals surface area contributed by atoms with Crippen molar-refractivity contribution in [1.82, 2.24) is 9.21 Å². The lowest BCUT2D eigenvalue weighted by Gasteiger charge is -2.46. The molecule has 0 aliphatic carbocycles. The van der Waals surface area contributed by atoms with Crippen LogP contribution in [0.1, 0.15) is 37.7 Å². The van der Waals surface area contributed by atoms with Gasteiger partial charge in [0.2, 0.25) is 15.9 Å². The predicted octanol–water partition coefficient (Wildman–Crippen LogP) is 1.72. The molecule has 0 spiro atoms. The highest BCUT2D eigenvalue weighted by atomic mass is 32.2. The Morgan fingerprint density at radius 1 is 1.23 bits per heavy atom. The molecule has 1 atom stereocenters. The van der Waals surface area contributed by atoms with Crippen molar-refractivity contribution in [2.75, 3.05) is 39.9 Å². The Kier molecular flexibility index (Phi) is 7.49. The molecule has 2 heterocycles. The van der Waals surface area contributed by atoms with Crippen LogP contribution in [0, 0.1) is 11.2 Å². The Balaban J connectivity index is 1.59. The van der Waals surface area contributed by atoms with Crippen LogP contribution in [0.25, 0.3) is 0 Å². The molecule has 1 unspecified atom stereocenters. The van der Waals surface area contributed by atoms with Gasteiger partial charge in [0.1, 0.15) is 5.82 Å². The minimum atomic E-state index is -3.45. The topological polar surface area (TPSA) is 92.9 Å². The van der Waals surface area contributed by atoms with Crippen molar-refractivity contribution >= 4 is 15.9 Å². The van der Waals surface area contributed by atoms with Crippen LogP contribution < -0.4 is 5.73 Å². The van der Waals surface area contributed by atoms with E-state index < -0.39 is 15.4 Å². The Morgan fingerprint density at radius 2 is 1.90 bits per heavy atom. The highest BCUT2D eigenvalue weighted by Gasteiger charge is 2.43. The lowest BCUT2D eigenvalue weighted by Crippen LogP contribution is -2.56. The standard InChI is InChI=1S/C21H32FN3O4S/c1-29-14-10-21(20(23)26)9-2-11-24(16-21)19-7-12-25(13-8-19)30(27,28)15-17-3-5-18(22)6-4-17/h3-6,19H,2,7-16H2,1H3,(H2,23,26). The van der Waals surface area contributed by atoms with Gasteiger partial charge < -0.3 is 10.5 Å². The molecule has 0 bridgehead atoms. The molecular formula is C21H32FN3O4S. The average Bonchev–Trinajstić information content (AvgIpc) is 2.74. The second-order valence-electron chi connectivity index (χ2n) is 8.47. The molecule has 2 N–H and O–H groups in total. The number of rotatable bonds is 8. The Bertz CT molecular complexity index is 825. The highest BCUT2D eigenvalue weighted by Crippen LogP contribution is 2.36. The van der Waals surface area contributed by atoms with E-state index in [4.69, 9.17) is 10.5 Å². The fraction of sp³-hybridized carbons (Fsp3) is 0.667. The van der Waals surface area contributed by atoms with Crippen molar-refractivity contribution in [3.63, 3.8) is 0 Å². The van der Waals surface area contributed by atoms with Gasteiger partial charge in [0.05, 0.1) is 11.2 Å². The highest BCUT2D eigenvalue weighted by molar-refractivity contribution is 7.88. The number of piperidine rings is 2. The third-order valence-corrected chi connectivity index (χ3v) is 8.36. The normalized spacial score (nSPS) is 24.7. The quantitative estimate of drug-likeness (QED) is 0.663. The van der Waals surface area contributed by atoms with Gasteiger partial charge in [0.15, 0.2) is 0 Å². The number of ether oxygens (including phenoxy) is 1. The molecule has 2 aliphatic rings.